The highest BCUT2D eigenvalue weighted by Gasteiger charge is 2.31. The summed E-state index contributed by atoms with van der Waals surface area (Å²) in [5.41, 5.74) is 0. The van der Waals surface area contributed by atoms with Crippen molar-refractivity contribution in [1.29, 1.82) is 0 Å². The predicted octanol–water partition coefficient (Wildman–Crippen LogP) is -0.201. The molecule has 1 aliphatic rings. The lowest BCUT2D eigenvalue weighted by atomic mass is 10.1. The summed E-state index contributed by atoms with van der Waals surface area (Å²) in [7, 11) is 3.95. The number of piperidine rings is 1. The summed E-state index contributed by atoms with van der Waals surface area (Å²) >= 11 is 0. The molecule has 19 heavy (non-hydrogen) atoms. The minimum atomic E-state index is -3.33. The smallest absolute Gasteiger partial charge is 0.281 e. The number of nitrogens with zero attached hydrogens (tertiary/aromatic N) is 3. The fourth-order valence-electron chi connectivity index (χ4n) is 2.44. The second-order valence-corrected chi connectivity index (χ2v) is 7.46. The predicted molar refractivity (Wildman–Crippen MR) is 78.4 cm³/mol. The highest BCUT2D eigenvalue weighted by molar-refractivity contribution is 7.86. The molecule has 0 spiro atoms. The molecule has 0 bridgehead atoms. The molecule has 1 saturated heterocycles. The molecule has 1 rings (SSSR count). The van der Waals surface area contributed by atoms with Crippen LogP contribution in [0.2, 0.25) is 0 Å². The summed E-state index contributed by atoms with van der Waals surface area (Å²) in [4.78, 5) is 2.20. The van der Waals surface area contributed by atoms with E-state index in [1.165, 1.54) is 4.31 Å². The third-order valence-electron chi connectivity index (χ3n) is 3.77. The van der Waals surface area contributed by atoms with Crippen LogP contribution in [0, 0.1) is 0 Å². The molecule has 0 aromatic rings. The molecule has 1 fully saturated rings. The van der Waals surface area contributed by atoms with Crippen LogP contribution in [0.4, 0.5) is 0 Å². The largest absolute Gasteiger partial charge is 0.320 e. The monoisotopic (exact) mass is 292 g/mol. The molecule has 1 heterocycles. The maximum Gasteiger partial charge on any atom is 0.281 e. The Morgan fingerprint density at radius 3 is 2.63 bits per heavy atom. The Morgan fingerprint density at radius 2 is 2.05 bits per heavy atom. The summed E-state index contributed by atoms with van der Waals surface area (Å²) in [5, 5.41) is 3.03. The van der Waals surface area contributed by atoms with Crippen molar-refractivity contribution in [2.45, 2.75) is 25.3 Å². The van der Waals surface area contributed by atoms with Gasteiger partial charge in [0.1, 0.15) is 0 Å². The van der Waals surface area contributed by atoms with E-state index < -0.39 is 10.2 Å². The molecule has 0 saturated carbocycles. The van der Waals surface area contributed by atoms with Gasteiger partial charge in [-0.15, -0.1) is 0 Å². The van der Waals surface area contributed by atoms with Crippen molar-refractivity contribution in [3.05, 3.63) is 0 Å². The van der Waals surface area contributed by atoms with Crippen LogP contribution in [-0.4, -0.2) is 82.3 Å². The highest BCUT2D eigenvalue weighted by atomic mass is 32.2. The Balaban J connectivity index is 2.59. The minimum Gasteiger partial charge on any atom is -0.320 e. The maximum atomic E-state index is 12.4. The third-order valence-corrected chi connectivity index (χ3v) is 5.77. The lowest BCUT2D eigenvalue weighted by molar-refractivity contribution is 0.182. The van der Waals surface area contributed by atoms with Gasteiger partial charge in [-0.1, -0.05) is 0 Å². The number of likely N-dealkylation sites (N-methyl/N-ethyl adjacent to an activating group) is 2. The number of hydrogen-bond donors (Lipinski definition) is 1. The average Bonchev–Trinajstić information content (AvgIpc) is 2.37. The van der Waals surface area contributed by atoms with Crippen molar-refractivity contribution in [2.24, 2.45) is 0 Å². The van der Waals surface area contributed by atoms with Crippen molar-refractivity contribution in [3.8, 4) is 0 Å². The van der Waals surface area contributed by atoms with E-state index in [0.29, 0.717) is 6.54 Å². The molecule has 0 aromatic heterocycles. The molecule has 0 radical (unpaired) electrons. The van der Waals surface area contributed by atoms with Gasteiger partial charge in [-0.3, -0.25) is 0 Å². The second-order valence-electron chi connectivity index (χ2n) is 5.36. The van der Waals surface area contributed by atoms with Gasteiger partial charge in [0.15, 0.2) is 0 Å². The summed E-state index contributed by atoms with van der Waals surface area (Å²) in [5.74, 6) is 0. The van der Waals surface area contributed by atoms with Gasteiger partial charge in [0.2, 0.25) is 0 Å². The van der Waals surface area contributed by atoms with Crippen molar-refractivity contribution < 1.29 is 8.42 Å². The first-order valence-electron chi connectivity index (χ1n) is 6.92. The number of rotatable bonds is 7. The van der Waals surface area contributed by atoms with Crippen molar-refractivity contribution in [2.75, 3.05) is 54.4 Å². The fraction of sp³-hybridized carbons (Fsp3) is 1.00. The van der Waals surface area contributed by atoms with Gasteiger partial charge in [0.05, 0.1) is 0 Å². The van der Waals surface area contributed by atoms with Crippen LogP contribution in [0.3, 0.4) is 0 Å². The molecule has 0 aromatic carbocycles. The molecule has 1 N–H and O–H groups in total. The quantitative estimate of drug-likeness (QED) is 0.660. The summed E-state index contributed by atoms with van der Waals surface area (Å²) in [6.07, 6.45) is 2.83. The molecule has 1 unspecified atom stereocenters. The van der Waals surface area contributed by atoms with E-state index >= 15 is 0 Å². The molecule has 114 valence electrons. The van der Waals surface area contributed by atoms with E-state index in [9.17, 15) is 8.42 Å². The Labute approximate surface area is 117 Å². The lowest BCUT2D eigenvalue weighted by Gasteiger charge is -2.36. The minimum absolute atomic E-state index is 0.0931. The zero-order valence-electron chi connectivity index (χ0n) is 12.6. The van der Waals surface area contributed by atoms with Crippen LogP contribution >= 0.6 is 0 Å². The molecule has 0 aliphatic carbocycles. The number of nitrogens with one attached hydrogen (secondary N) is 1. The van der Waals surface area contributed by atoms with Gasteiger partial charge in [0, 0.05) is 33.2 Å². The second kappa shape index (κ2) is 7.54. The summed E-state index contributed by atoms with van der Waals surface area (Å²) in [6, 6.07) is 0.0931. The van der Waals surface area contributed by atoms with Gasteiger partial charge >= 0.3 is 0 Å². The van der Waals surface area contributed by atoms with E-state index in [1.54, 1.807) is 18.4 Å². The van der Waals surface area contributed by atoms with Crippen LogP contribution in [0.1, 0.15) is 19.3 Å². The topological polar surface area (TPSA) is 55.9 Å². The fourth-order valence-corrected chi connectivity index (χ4v) is 3.79. The van der Waals surface area contributed by atoms with Gasteiger partial charge in [-0.05, 0) is 46.4 Å². The average molecular weight is 292 g/mol. The molecule has 1 aliphatic heterocycles. The lowest BCUT2D eigenvalue weighted by Crippen LogP contribution is -2.51. The molecule has 1 atom stereocenters. The molecular weight excluding hydrogens is 264 g/mol. The Hall–Kier alpha value is -0.210. The number of hydrogen-bond acceptors (Lipinski definition) is 4. The molecular formula is C12H28N4O2S. The van der Waals surface area contributed by atoms with Crippen LogP contribution in [-0.2, 0) is 10.2 Å². The first kappa shape index (κ1) is 16.8. The van der Waals surface area contributed by atoms with E-state index in [2.05, 4.69) is 10.2 Å². The van der Waals surface area contributed by atoms with Gasteiger partial charge in [0.25, 0.3) is 10.2 Å². The van der Waals surface area contributed by atoms with Gasteiger partial charge < -0.3 is 10.2 Å². The summed E-state index contributed by atoms with van der Waals surface area (Å²) < 4.78 is 27.9. The van der Waals surface area contributed by atoms with E-state index in [4.69, 9.17) is 0 Å². The van der Waals surface area contributed by atoms with Crippen LogP contribution in [0.15, 0.2) is 0 Å². The Morgan fingerprint density at radius 1 is 1.37 bits per heavy atom. The Bertz CT molecular complexity index is 361. The van der Waals surface area contributed by atoms with Crippen LogP contribution in [0.25, 0.3) is 0 Å². The zero-order valence-corrected chi connectivity index (χ0v) is 13.4. The van der Waals surface area contributed by atoms with Crippen molar-refractivity contribution >= 4 is 10.2 Å². The first-order valence-corrected chi connectivity index (χ1v) is 8.31. The van der Waals surface area contributed by atoms with Crippen LogP contribution in [0.5, 0.6) is 0 Å². The normalized spacial score (nSPS) is 22.3. The van der Waals surface area contributed by atoms with E-state index in [1.807, 2.05) is 14.1 Å². The molecule has 6 nitrogen and oxygen atoms in total. The van der Waals surface area contributed by atoms with Gasteiger partial charge in [-0.2, -0.15) is 17.0 Å². The summed E-state index contributed by atoms with van der Waals surface area (Å²) in [6.45, 7) is 3.26. The maximum absolute atomic E-state index is 12.4. The zero-order chi connectivity index (χ0) is 14.5. The standard InChI is InChI=1S/C12H28N4O2S/c1-13-8-6-10-15(3)19(17,18)16(4)12-7-5-9-14(2)11-12/h12-13H,5-11H2,1-4H3. The van der Waals surface area contributed by atoms with Crippen molar-refractivity contribution in [1.82, 2.24) is 18.8 Å². The third kappa shape index (κ3) is 4.68. The van der Waals surface area contributed by atoms with E-state index in [-0.39, 0.29) is 6.04 Å². The van der Waals surface area contributed by atoms with Crippen molar-refractivity contribution in [3.63, 3.8) is 0 Å². The SMILES string of the molecule is CNCCCN(C)S(=O)(=O)N(C)C1CCCN(C)C1. The Kier molecular flexibility index (Phi) is 6.68. The van der Waals surface area contributed by atoms with Crippen LogP contribution < -0.4 is 5.32 Å². The number of likely N-dealkylation sites (tertiary alicyclic amines) is 1. The molecule has 7 heteroatoms. The highest BCUT2D eigenvalue weighted by Crippen LogP contribution is 2.17. The molecule has 0 amide bonds. The first-order chi connectivity index (χ1) is 8.89. The van der Waals surface area contributed by atoms with E-state index in [0.717, 1.165) is 38.9 Å². The van der Waals surface area contributed by atoms with Gasteiger partial charge in [-0.25, -0.2) is 0 Å².